The Bertz CT molecular complexity index is 370. The molecule has 0 aliphatic rings. The van der Waals surface area contributed by atoms with Crippen LogP contribution in [0.15, 0.2) is 32.7 Å². The van der Waals surface area contributed by atoms with E-state index in [0.717, 1.165) is 8.95 Å². The lowest BCUT2D eigenvalue weighted by atomic mass is 10.0. The first-order chi connectivity index (χ1) is 7.04. The summed E-state index contributed by atoms with van der Waals surface area (Å²) in [5.41, 5.74) is 2.43. The molecule has 0 saturated heterocycles. The molecule has 82 valence electrons. The predicted molar refractivity (Wildman–Crippen MR) is 75.4 cm³/mol. The highest BCUT2D eigenvalue weighted by Gasteiger charge is 2.03. The molecule has 0 heterocycles. The molecule has 0 saturated carbocycles. The van der Waals surface area contributed by atoms with Crippen molar-refractivity contribution < 1.29 is 0 Å². The number of alkyl halides is 1. The zero-order valence-corrected chi connectivity index (χ0v) is 12.7. The van der Waals surface area contributed by atoms with Crippen molar-refractivity contribution in [3.8, 4) is 0 Å². The predicted octanol–water partition coefficient (Wildman–Crippen LogP) is 5.49. The van der Waals surface area contributed by atoms with Crippen LogP contribution in [0.2, 0.25) is 0 Å². The summed E-state index contributed by atoms with van der Waals surface area (Å²) in [7, 11) is 0. The molecular formula is C12H13Br2Cl. The van der Waals surface area contributed by atoms with Crippen molar-refractivity contribution in [2.24, 2.45) is 5.92 Å². The standard InChI is InChI=1S/C12H13Br2Cl/c1-8(2)10(7-15)5-9-3-4-11(13)12(14)6-9/h3-6,8H,7H2,1-2H3/b10-5+. The minimum absolute atomic E-state index is 0.491. The lowest BCUT2D eigenvalue weighted by Crippen LogP contribution is -1.95. The molecule has 0 amide bonds. The minimum atomic E-state index is 0.491. The third kappa shape index (κ3) is 3.93. The maximum Gasteiger partial charge on any atom is 0.0439 e. The average molecular weight is 352 g/mol. The highest BCUT2D eigenvalue weighted by atomic mass is 79.9. The summed E-state index contributed by atoms with van der Waals surface area (Å²) < 4.78 is 2.13. The average Bonchev–Trinajstić information content (AvgIpc) is 2.19. The van der Waals surface area contributed by atoms with Crippen molar-refractivity contribution in [2.75, 3.05) is 5.88 Å². The lowest BCUT2D eigenvalue weighted by molar-refractivity contribution is 0.778. The molecule has 3 heteroatoms. The normalized spacial score (nSPS) is 12.3. The van der Waals surface area contributed by atoms with Gasteiger partial charge in [0.15, 0.2) is 0 Å². The van der Waals surface area contributed by atoms with Gasteiger partial charge in [0.25, 0.3) is 0 Å². The fourth-order valence-electron chi connectivity index (χ4n) is 1.18. The Morgan fingerprint density at radius 1 is 1.33 bits per heavy atom. The molecule has 0 aliphatic heterocycles. The molecule has 0 N–H and O–H groups in total. The first kappa shape index (κ1) is 13.3. The molecule has 1 aromatic carbocycles. The summed E-state index contributed by atoms with van der Waals surface area (Å²) >= 11 is 12.8. The van der Waals surface area contributed by atoms with Crippen LogP contribution < -0.4 is 0 Å². The summed E-state index contributed by atoms with van der Waals surface area (Å²) in [6, 6.07) is 6.19. The zero-order valence-electron chi connectivity index (χ0n) is 8.73. The molecular weight excluding hydrogens is 339 g/mol. The van der Waals surface area contributed by atoms with Gasteiger partial charge in [-0.2, -0.15) is 0 Å². The molecule has 15 heavy (non-hydrogen) atoms. The summed E-state index contributed by atoms with van der Waals surface area (Å²) in [6.07, 6.45) is 2.15. The second-order valence-corrected chi connectivity index (χ2v) is 5.66. The van der Waals surface area contributed by atoms with E-state index in [2.05, 4.69) is 63.9 Å². The summed E-state index contributed by atoms with van der Waals surface area (Å²) in [5, 5.41) is 0. The Morgan fingerprint density at radius 3 is 2.47 bits per heavy atom. The number of hydrogen-bond acceptors (Lipinski definition) is 0. The van der Waals surface area contributed by atoms with Gasteiger partial charge in [-0.05, 0) is 55.5 Å². The molecule has 0 atom stereocenters. The monoisotopic (exact) mass is 350 g/mol. The summed E-state index contributed by atoms with van der Waals surface area (Å²) in [5.74, 6) is 1.08. The van der Waals surface area contributed by atoms with Gasteiger partial charge in [-0.15, -0.1) is 11.6 Å². The first-order valence-corrected chi connectivity index (χ1v) is 6.88. The van der Waals surface area contributed by atoms with Crippen LogP contribution in [0.1, 0.15) is 19.4 Å². The van der Waals surface area contributed by atoms with E-state index in [1.807, 2.05) is 6.07 Å². The van der Waals surface area contributed by atoms with E-state index >= 15 is 0 Å². The lowest BCUT2D eigenvalue weighted by Gasteiger charge is -2.08. The maximum absolute atomic E-state index is 5.89. The Morgan fingerprint density at radius 2 is 2.00 bits per heavy atom. The van der Waals surface area contributed by atoms with Gasteiger partial charge in [-0.3, -0.25) is 0 Å². The van der Waals surface area contributed by atoms with E-state index < -0.39 is 0 Å². The number of hydrogen-bond donors (Lipinski definition) is 0. The SMILES string of the molecule is CC(C)/C(=C/c1ccc(Br)c(Br)c1)CCl. The first-order valence-electron chi connectivity index (χ1n) is 4.76. The van der Waals surface area contributed by atoms with Crippen LogP contribution in [-0.4, -0.2) is 5.88 Å². The van der Waals surface area contributed by atoms with Gasteiger partial charge in [0.2, 0.25) is 0 Å². The van der Waals surface area contributed by atoms with Gasteiger partial charge in [-0.1, -0.05) is 31.6 Å². The molecule has 0 nitrogen and oxygen atoms in total. The van der Waals surface area contributed by atoms with E-state index in [9.17, 15) is 0 Å². The summed E-state index contributed by atoms with van der Waals surface area (Å²) in [6.45, 7) is 4.31. The van der Waals surface area contributed by atoms with Gasteiger partial charge in [0, 0.05) is 14.8 Å². The van der Waals surface area contributed by atoms with Crippen LogP contribution in [0.4, 0.5) is 0 Å². The van der Waals surface area contributed by atoms with E-state index in [1.165, 1.54) is 11.1 Å². The Labute approximate surface area is 113 Å². The van der Waals surface area contributed by atoms with E-state index in [0.29, 0.717) is 11.8 Å². The van der Waals surface area contributed by atoms with Gasteiger partial charge in [0.05, 0.1) is 0 Å². The molecule has 0 spiro atoms. The number of benzene rings is 1. The summed E-state index contributed by atoms with van der Waals surface area (Å²) in [4.78, 5) is 0. The highest BCUT2D eigenvalue weighted by Crippen LogP contribution is 2.25. The van der Waals surface area contributed by atoms with Crippen molar-refractivity contribution in [2.45, 2.75) is 13.8 Å². The number of rotatable bonds is 3. The van der Waals surface area contributed by atoms with Gasteiger partial charge < -0.3 is 0 Å². The van der Waals surface area contributed by atoms with Gasteiger partial charge in [-0.25, -0.2) is 0 Å². The van der Waals surface area contributed by atoms with Crippen molar-refractivity contribution in [3.05, 3.63) is 38.3 Å². The van der Waals surface area contributed by atoms with E-state index in [1.54, 1.807) is 0 Å². The molecule has 1 rings (SSSR count). The zero-order chi connectivity index (χ0) is 11.4. The van der Waals surface area contributed by atoms with Crippen LogP contribution in [0.25, 0.3) is 6.08 Å². The van der Waals surface area contributed by atoms with Crippen molar-refractivity contribution >= 4 is 49.5 Å². The third-order valence-electron chi connectivity index (χ3n) is 2.19. The second-order valence-electron chi connectivity index (χ2n) is 3.68. The largest absolute Gasteiger partial charge is 0.122 e. The maximum atomic E-state index is 5.89. The molecule has 0 fully saturated rings. The molecule has 0 aromatic heterocycles. The number of allylic oxidation sites excluding steroid dienone is 1. The third-order valence-corrected chi connectivity index (χ3v) is 4.38. The molecule has 1 aromatic rings. The minimum Gasteiger partial charge on any atom is -0.122 e. The molecule has 0 radical (unpaired) electrons. The Balaban J connectivity index is 3.01. The van der Waals surface area contributed by atoms with Crippen molar-refractivity contribution in [1.82, 2.24) is 0 Å². The smallest absolute Gasteiger partial charge is 0.0439 e. The van der Waals surface area contributed by atoms with Crippen LogP contribution in [0.3, 0.4) is 0 Å². The Kier molecular flexibility index (Phi) is 5.37. The van der Waals surface area contributed by atoms with Crippen molar-refractivity contribution in [3.63, 3.8) is 0 Å². The fourth-order valence-corrected chi connectivity index (χ4v) is 2.20. The molecule has 0 unspecified atom stereocenters. The topological polar surface area (TPSA) is 0 Å². The second kappa shape index (κ2) is 6.07. The van der Waals surface area contributed by atoms with E-state index in [4.69, 9.17) is 11.6 Å². The van der Waals surface area contributed by atoms with E-state index in [-0.39, 0.29) is 0 Å². The van der Waals surface area contributed by atoms with Crippen LogP contribution in [0.5, 0.6) is 0 Å². The molecule has 0 aliphatic carbocycles. The van der Waals surface area contributed by atoms with Crippen LogP contribution in [0, 0.1) is 5.92 Å². The number of halogens is 3. The highest BCUT2D eigenvalue weighted by molar-refractivity contribution is 9.13. The fraction of sp³-hybridized carbons (Fsp3) is 0.333. The van der Waals surface area contributed by atoms with Crippen LogP contribution >= 0.6 is 43.5 Å². The Hall–Kier alpha value is 0.210. The van der Waals surface area contributed by atoms with Crippen LogP contribution in [-0.2, 0) is 0 Å². The molecule has 0 bridgehead atoms. The van der Waals surface area contributed by atoms with Gasteiger partial charge >= 0.3 is 0 Å². The van der Waals surface area contributed by atoms with Crippen molar-refractivity contribution in [1.29, 1.82) is 0 Å². The van der Waals surface area contributed by atoms with Gasteiger partial charge in [0.1, 0.15) is 0 Å². The quantitative estimate of drug-likeness (QED) is 0.631.